The number of allylic oxidation sites excluding steroid dienone is 6. The summed E-state index contributed by atoms with van der Waals surface area (Å²) >= 11 is 1.42. The normalized spacial score (nSPS) is 18.2. The van der Waals surface area contributed by atoms with Gasteiger partial charge in [0.25, 0.3) is 0 Å². The Labute approximate surface area is 146 Å². The smallest absolute Gasteiger partial charge is 0.189 e. The van der Waals surface area contributed by atoms with Crippen molar-refractivity contribution < 1.29 is 0 Å². The van der Waals surface area contributed by atoms with Crippen LogP contribution in [0.4, 0.5) is 5.82 Å². The molecular formula is C18H19N5S. The van der Waals surface area contributed by atoms with Crippen LogP contribution >= 0.6 is 11.8 Å². The van der Waals surface area contributed by atoms with Crippen molar-refractivity contribution in [3.63, 3.8) is 0 Å². The first kappa shape index (κ1) is 17.7. The van der Waals surface area contributed by atoms with E-state index in [1.807, 2.05) is 61.8 Å². The van der Waals surface area contributed by atoms with E-state index in [1.165, 1.54) is 11.8 Å². The summed E-state index contributed by atoms with van der Waals surface area (Å²) < 4.78 is 0. The second-order valence-electron chi connectivity index (χ2n) is 5.15. The van der Waals surface area contributed by atoms with Gasteiger partial charge in [0.1, 0.15) is 11.6 Å². The first-order valence-corrected chi connectivity index (χ1v) is 8.65. The fraction of sp³-hybridized carbons (Fsp3) is 0.222. The molecule has 2 rings (SSSR count). The Balaban J connectivity index is 2.56. The molecule has 0 saturated heterocycles. The topological polar surface area (TPSA) is 65.2 Å². The molecule has 0 fully saturated rings. The Bertz CT molecular complexity index is 779. The minimum atomic E-state index is 0.373. The van der Waals surface area contributed by atoms with Crippen LogP contribution in [0, 0.1) is 11.3 Å². The van der Waals surface area contributed by atoms with Crippen molar-refractivity contribution in [2.24, 2.45) is 4.99 Å². The number of aromatic nitrogens is 2. The number of rotatable bonds is 4. The van der Waals surface area contributed by atoms with Gasteiger partial charge in [-0.2, -0.15) is 5.26 Å². The summed E-state index contributed by atoms with van der Waals surface area (Å²) in [5.74, 6) is 0.393. The molecule has 0 N–H and O–H groups in total. The molecule has 0 unspecified atom stereocenters. The number of hydrogen-bond acceptors (Lipinski definition) is 6. The van der Waals surface area contributed by atoms with Crippen LogP contribution in [-0.2, 0) is 0 Å². The van der Waals surface area contributed by atoms with Gasteiger partial charge in [-0.05, 0) is 30.9 Å². The minimum Gasteiger partial charge on any atom is -0.383 e. The third-order valence-corrected chi connectivity index (χ3v) is 3.58. The van der Waals surface area contributed by atoms with Crippen molar-refractivity contribution in [3.8, 4) is 6.07 Å². The highest BCUT2D eigenvalue weighted by Crippen LogP contribution is 2.24. The van der Waals surface area contributed by atoms with E-state index in [4.69, 9.17) is 0 Å². The lowest BCUT2D eigenvalue weighted by Crippen LogP contribution is -2.02. The highest BCUT2D eigenvalue weighted by atomic mass is 32.2. The molecule has 0 bridgehead atoms. The van der Waals surface area contributed by atoms with Crippen molar-refractivity contribution in [1.29, 1.82) is 5.26 Å². The monoisotopic (exact) mass is 337 g/mol. The van der Waals surface area contributed by atoms with E-state index in [0.29, 0.717) is 22.2 Å². The SMILES string of the molecule is CSc1nc(C=CN(C)C)c(C#N)c(N=C2C=C/C=C\C/C=C\2)n1. The zero-order valence-corrected chi connectivity index (χ0v) is 14.8. The number of nitriles is 1. The van der Waals surface area contributed by atoms with Crippen LogP contribution in [0.2, 0.25) is 0 Å². The van der Waals surface area contributed by atoms with Crippen LogP contribution in [0.15, 0.2) is 52.8 Å². The Morgan fingerprint density at radius 1 is 1.25 bits per heavy atom. The molecular weight excluding hydrogens is 318 g/mol. The number of nitrogens with zero attached hydrogens (tertiary/aromatic N) is 5. The van der Waals surface area contributed by atoms with Crippen molar-refractivity contribution >= 4 is 29.4 Å². The number of hydrogen-bond donors (Lipinski definition) is 0. The maximum absolute atomic E-state index is 9.56. The molecule has 1 aromatic heterocycles. The van der Waals surface area contributed by atoms with E-state index in [9.17, 15) is 5.26 Å². The van der Waals surface area contributed by atoms with Crippen molar-refractivity contribution in [2.75, 3.05) is 20.4 Å². The summed E-state index contributed by atoms with van der Waals surface area (Å²) in [4.78, 5) is 15.3. The average molecular weight is 337 g/mol. The largest absolute Gasteiger partial charge is 0.383 e. The Morgan fingerprint density at radius 3 is 2.79 bits per heavy atom. The van der Waals surface area contributed by atoms with E-state index < -0.39 is 0 Å². The lowest BCUT2D eigenvalue weighted by atomic mass is 10.2. The Kier molecular flexibility index (Phi) is 6.52. The molecule has 1 aliphatic carbocycles. The van der Waals surface area contributed by atoms with E-state index in [1.54, 1.807) is 6.08 Å². The van der Waals surface area contributed by atoms with Gasteiger partial charge < -0.3 is 4.90 Å². The van der Waals surface area contributed by atoms with Crippen LogP contribution < -0.4 is 0 Å². The second-order valence-corrected chi connectivity index (χ2v) is 5.92. The molecule has 0 aliphatic heterocycles. The van der Waals surface area contributed by atoms with Gasteiger partial charge in [-0.25, -0.2) is 15.0 Å². The summed E-state index contributed by atoms with van der Waals surface area (Å²) in [6, 6.07) is 2.18. The zero-order valence-electron chi connectivity index (χ0n) is 14.0. The summed E-state index contributed by atoms with van der Waals surface area (Å²) in [7, 11) is 3.83. The van der Waals surface area contributed by atoms with Crippen LogP contribution in [0.3, 0.4) is 0 Å². The number of aliphatic imine (C=N–C) groups is 1. The van der Waals surface area contributed by atoms with Gasteiger partial charge in [0.05, 0.1) is 11.4 Å². The molecule has 24 heavy (non-hydrogen) atoms. The minimum absolute atomic E-state index is 0.373. The van der Waals surface area contributed by atoms with Gasteiger partial charge in [0.15, 0.2) is 11.0 Å². The summed E-state index contributed by atoms with van der Waals surface area (Å²) in [5.41, 5.74) is 1.70. The summed E-state index contributed by atoms with van der Waals surface area (Å²) in [6.45, 7) is 0. The molecule has 1 aliphatic rings. The molecule has 122 valence electrons. The first-order valence-electron chi connectivity index (χ1n) is 7.43. The van der Waals surface area contributed by atoms with Gasteiger partial charge in [-0.3, -0.25) is 0 Å². The summed E-state index contributed by atoms with van der Waals surface area (Å²) in [6.07, 6.45) is 18.2. The maximum Gasteiger partial charge on any atom is 0.189 e. The third kappa shape index (κ3) is 4.93. The molecule has 0 spiro atoms. The van der Waals surface area contributed by atoms with Gasteiger partial charge in [0, 0.05) is 20.3 Å². The maximum atomic E-state index is 9.56. The molecule has 5 nitrogen and oxygen atoms in total. The molecule has 0 atom stereocenters. The molecule has 1 aromatic rings. The zero-order chi connectivity index (χ0) is 17.4. The molecule has 0 aromatic carbocycles. The fourth-order valence-corrected chi connectivity index (χ4v) is 2.26. The highest BCUT2D eigenvalue weighted by Gasteiger charge is 2.12. The van der Waals surface area contributed by atoms with Crippen LogP contribution in [0.5, 0.6) is 0 Å². The molecule has 0 saturated carbocycles. The van der Waals surface area contributed by atoms with Crippen molar-refractivity contribution in [2.45, 2.75) is 11.6 Å². The molecule has 0 radical (unpaired) electrons. The molecule has 6 heteroatoms. The second kappa shape index (κ2) is 8.85. The van der Waals surface area contributed by atoms with Gasteiger partial charge in [0.2, 0.25) is 0 Å². The molecule has 0 amide bonds. The molecule has 1 heterocycles. The predicted molar refractivity (Wildman–Crippen MR) is 100 cm³/mol. The summed E-state index contributed by atoms with van der Waals surface area (Å²) in [5, 5.41) is 10.1. The predicted octanol–water partition coefficient (Wildman–Crippen LogP) is 3.75. The van der Waals surface area contributed by atoms with Crippen LogP contribution in [0.25, 0.3) is 6.08 Å². The van der Waals surface area contributed by atoms with Crippen LogP contribution in [-0.4, -0.2) is 40.9 Å². The van der Waals surface area contributed by atoms with E-state index >= 15 is 0 Å². The van der Waals surface area contributed by atoms with E-state index in [-0.39, 0.29) is 0 Å². The van der Waals surface area contributed by atoms with Gasteiger partial charge in [-0.15, -0.1) is 0 Å². The Hall–Kier alpha value is -2.65. The lowest BCUT2D eigenvalue weighted by Gasteiger charge is -2.07. The quantitative estimate of drug-likeness (QED) is 0.618. The number of thioether (sulfide) groups is 1. The van der Waals surface area contributed by atoms with Gasteiger partial charge in [-0.1, -0.05) is 36.1 Å². The van der Waals surface area contributed by atoms with Crippen LogP contribution in [0.1, 0.15) is 17.7 Å². The average Bonchev–Trinajstić information content (AvgIpc) is 2.54. The van der Waals surface area contributed by atoms with E-state index in [2.05, 4.69) is 27.1 Å². The van der Waals surface area contributed by atoms with Crippen molar-refractivity contribution in [3.05, 3.63) is 53.9 Å². The van der Waals surface area contributed by atoms with Crippen molar-refractivity contribution in [1.82, 2.24) is 14.9 Å². The fourth-order valence-electron chi connectivity index (χ4n) is 1.90. The first-order chi connectivity index (χ1) is 11.6. The third-order valence-electron chi connectivity index (χ3n) is 3.03. The standard InChI is InChI=1S/C18H19N5S/c1-23(2)12-11-16-15(13-19)17(22-18(21-16)24-3)20-14-9-7-5-4-6-8-10-14/h4-5,7-12H,6H2,1-3H3/b5-4-,9-7?,10-8-,12-11?,20-14?. The van der Waals surface area contributed by atoms with Gasteiger partial charge >= 0.3 is 0 Å². The highest BCUT2D eigenvalue weighted by molar-refractivity contribution is 7.98. The lowest BCUT2D eigenvalue weighted by molar-refractivity contribution is 0.567. The Morgan fingerprint density at radius 2 is 2.08 bits per heavy atom. The van der Waals surface area contributed by atoms with E-state index in [0.717, 1.165) is 12.1 Å².